The van der Waals surface area contributed by atoms with E-state index in [1.54, 1.807) is 31.4 Å². The molecule has 0 unspecified atom stereocenters. The topological polar surface area (TPSA) is 81.9 Å². The fourth-order valence-electron chi connectivity index (χ4n) is 3.62. The second-order valence-electron chi connectivity index (χ2n) is 6.75. The Labute approximate surface area is 148 Å². The highest BCUT2D eigenvalue weighted by Gasteiger charge is 2.35. The zero-order chi connectivity index (χ0) is 17.8. The van der Waals surface area contributed by atoms with Gasteiger partial charge in [-0.2, -0.15) is 0 Å². The van der Waals surface area contributed by atoms with E-state index in [-0.39, 0.29) is 29.8 Å². The summed E-state index contributed by atoms with van der Waals surface area (Å²) in [6.45, 7) is 1.68. The first kappa shape index (κ1) is 17.9. The lowest BCUT2D eigenvalue weighted by Gasteiger charge is -2.33. The number of carbonyl (C=O) groups is 2. The molecular weight excluding hydrogens is 320 g/mol. The second kappa shape index (κ2) is 7.97. The van der Waals surface area contributed by atoms with E-state index < -0.39 is 0 Å². The summed E-state index contributed by atoms with van der Waals surface area (Å²) in [4.78, 5) is 27.0. The fraction of sp³-hybridized carbons (Fsp3) is 0.579. The molecule has 2 heterocycles. The van der Waals surface area contributed by atoms with Gasteiger partial charge in [-0.05, 0) is 49.9 Å². The number of likely N-dealkylation sites (tertiary alicyclic amines) is 1. The Kier molecular flexibility index (Phi) is 5.71. The van der Waals surface area contributed by atoms with Crippen molar-refractivity contribution in [2.45, 2.75) is 37.9 Å². The molecule has 0 aromatic heterocycles. The van der Waals surface area contributed by atoms with Gasteiger partial charge in [0.1, 0.15) is 11.9 Å². The largest absolute Gasteiger partial charge is 0.497 e. The molecule has 0 radical (unpaired) electrons. The molecule has 136 valence electrons. The van der Waals surface area contributed by atoms with Crippen LogP contribution in [0.1, 0.15) is 36.0 Å². The van der Waals surface area contributed by atoms with Gasteiger partial charge in [0.05, 0.1) is 13.2 Å². The summed E-state index contributed by atoms with van der Waals surface area (Å²) in [5.41, 5.74) is 6.31. The number of rotatable bonds is 5. The van der Waals surface area contributed by atoms with Gasteiger partial charge < -0.3 is 20.1 Å². The molecule has 1 aromatic rings. The van der Waals surface area contributed by atoms with E-state index in [9.17, 15) is 9.59 Å². The summed E-state index contributed by atoms with van der Waals surface area (Å²) < 4.78 is 10.8. The number of ketones is 1. The van der Waals surface area contributed by atoms with Crippen molar-refractivity contribution in [2.75, 3.05) is 26.7 Å². The van der Waals surface area contributed by atoms with E-state index >= 15 is 0 Å². The minimum Gasteiger partial charge on any atom is -0.497 e. The van der Waals surface area contributed by atoms with Crippen LogP contribution in [0.15, 0.2) is 24.3 Å². The van der Waals surface area contributed by atoms with Crippen molar-refractivity contribution in [1.82, 2.24) is 4.90 Å². The van der Waals surface area contributed by atoms with E-state index in [1.165, 1.54) is 0 Å². The van der Waals surface area contributed by atoms with Gasteiger partial charge in [0.2, 0.25) is 0 Å². The van der Waals surface area contributed by atoms with E-state index in [4.69, 9.17) is 15.2 Å². The van der Waals surface area contributed by atoms with Crippen molar-refractivity contribution >= 4 is 11.7 Å². The lowest BCUT2D eigenvalue weighted by atomic mass is 9.88. The maximum Gasteiger partial charge on any atom is 0.251 e. The quantitative estimate of drug-likeness (QED) is 0.820. The Morgan fingerprint density at radius 1 is 1.16 bits per heavy atom. The van der Waals surface area contributed by atoms with Gasteiger partial charge in [-0.15, -0.1) is 0 Å². The number of piperidine rings is 1. The molecule has 2 N–H and O–H groups in total. The van der Waals surface area contributed by atoms with E-state index in [0.29, 0.717) is 38.0 Å². The molecule has 0 aliphatic carbocycles. The van der Waals surface area contributed by atoms with Gasteiger partial charge in [-0.25, -0.2) is 0 Å². The number of nitrogens with two attached hydrogens (primary N) is 1. The van der Waals surface area contributed by atoms with Crippen LogP contribution in [-0.2, 0) is 9.53 Å². The third-order valence-electron chi connectivity index (χ3n) is 5.20. The number of methoxy groups -OCH3 is 1. The van der Waals surface area contributed by atoms with Gasteiger partial charge in [0.25, 0.3) is 5.91 Å². The molecule has 2 fully saturated rings. The van der Waals surface area contributed by atoms with Crippen molar-refractivity contribution in [1.29, 1.82) is 0 Å². The normalized spacial score (nSPS) is 24.3. The Hall–Kier alpha value is -1.92. The number of amides is 1. The number of hydrogen-bond donors (Lipinski definition) is 1. The van der Waals surface area contributed by atoms with Crippen molar-refractivity contribution in [3.63, 3.8) is 0 Å². The highest BCUT2D eigenvalue weighted by molar-refractivity contribution is 5.98. The molecule has 1 aromatic carbocycles. The molecule has 25 heavy (non-hydrogen) atoms. The van der Waals surface area contributed by atoms with Crippen LogP contribution in [0.5, 0.6) is 5.75 Å². The molecule has 0 saturated carbocycles. The van der Waals surface area contributed by atoms with Gasteiger partial charge in [-0.3, -0.25) is 9.59 Å². The van der Waals surface area contributed by atoms with Crippen LogP contribution in [-0.4, -0.2) is 55.5 Å². The van der Waals surface area contributed by atoms with Crippen LogP contribution in [0, 0.1) is 5.92 Å². The first-order valence-corrected chi connectivity index (χ1v) is 8.95. The third-order valence-corrected chi connectivity index (χ3v) is 5.20. The smallest absolute Gasteiger partial charge is 0.251 e. The van der Waals surface area contributed by atoms with Gasteiger partial charge >= 0.3 is 0 Å². The van der Waals surface area contributed by atoms with Crippen LogP contribution in [0.25, 0.3) is 0 Å². The minimum atomic E-state index is -0.359. The lowest BCUT2D eigenvalue weighted by Crippen LogP contribution is -2.45. The summed E-state index contributed by atoms with van der Waals surface area (Å²) in [7, 11) is 1.60. The molecule has 6 nitrogen and oxygen atoms in total. The predicted octanol–water partition coefficient (Wildman–Crippen LogP) is 1.62. The van der Waals surface area contributed by atoms with Crippen LogP contribution in [0.2, 0.25) is 0 Å². The van der Waals surface area contributed by atoms with Crippen molar-refractivity contribution in [2.24, 2.45) is 11.7 Å². The number of nitrogens with zero attached hydrogens (tertiary/aromatic N) is 1. The minimum absolute atomic E-state index is 0.00291. The Balaban J connectivity index is 1.52. The molecule has 2 aliphatic rings. The maximum absolute atomic E-state index is 12.6. The second-order valence-corrected chi connectivity index (χ2v) is 6.75. The molecule has 0 spiro atoms. The lowest BCUT2D eigenvalue weighted by molar-refractivity contribution is -0.144. The average molecular weight is 346 g/mol. The van der Waals surface area contributed by atoms with Crippen LogP contribution in [0.3, 0.4) is 0 Å². The molecule has 2 aliphatic heterocycles. The van der Waals surface area contributed by atoms with Gasteiger partial charge in [0, 0.05) is 31.1 Å². The van der Waals surface area contributed by atoms with E-state index in [2.05, 4.69) is 0 Å². The Morgan fingerprint density at radius 2 is 1.84 bits per heavy atom. The molecular formula is C19H26N2O4. The summed E-state index contributed by atoms with van der Waals surface area (Å²) >= 11 is 0. The molecule has 3 rings (SSSR count). The first-order valence-electron chi connectivity index (χ1n) is 8.95. The van der Waals surface area contributed by atoms with Crippen molar-refractivity contribution < 1.29 is 19.1 Å². The van der Waals surface area contributed by atoms with Gasteiger partial charge in [-0.1, -0.05) is 0 Å². The summed E-state index contributed by atoms with van der Waals surface area (Å²) in [6, 6.07) is 7.21. The van der Waals surface area contributed by atoms with Crippen molar-refractivity contribution in [3.8, 4) is 5.75 Å². The highest BCUT2D eigenvalue weighted by atomic mass is 16.5. The molecule has 2 saturated heterocycles. The SMILES string of the molecule is COc1ccc(C(=O)C2CCN(C(=O)[C@@H]3CC[C@H](CN)O3)CC2)cc1. The molecule has 6 heteroatoms. The monoisotopic (exact) mass is 346 g/mol. The Morgan fingerprint density at radius 3 is 2.40 bits per heavy atom. The van der Waals surface area contributed by atoms with Crippen LogP contribution < -0.4 is 10.5 Å². The summed E-state index contributed by atoms with van der Waals surface area (Å²) in [5.74, 6) is 0.907. The zero-order valence-corrected chi connectivity index (χ0v) is 14.6. The third kappa shape index (κ3) is 4.02. The predicted molar refractivity (Wildman–Crippen MR) is 93.6 cm³/mol. The highest BCUT2D eigenvalue weighted by Crippen LogP contribution is 2.26. The number of hydrogen-bond acceptors (Lipinski definition) is 5. The standard InChI is InChI=1S/C19H26N2O4/c1-24-15-4-2-13(3-5-15)18(22)14-8-10-21(11-9-14)19(23)17-7-6-16(12-20)25-17/h2-5,14,16-17H,6-12,20H2,1H3/t16-,17+/m1/s1. The van der Waals surface area contributed by atoms with Gasteiger partial charge in [0.15, 0.2) is 5.78 Å². The summed E-state index contributed by atoms with van der Waals surface area (Å²) in [6.07, 6.45) is 2.63. The van der Waals surface area contributed by atoms with E-state index in [0.717, 1.165) is 18.6 Å². The average Bonchev–Trinajstić information content (AvgIpc) is 3.16. The molecule has 2 atom stereocenters. The number of Topliss-reactive ketones (excluding diaryl/α,β-unsaturated/α-hetero) is 1. The number of benzene rings is 1. The first-order chi connectivity index (χ1) is 12.1. The maximum atomic E-state index is 12.6. The summed E-state index contributed by atoms with van der Waals surface area (Å²) in [5, 5.41) is 0. The van der Waals surface area contributed by atoms with Crippen LogP contribution >= 0.6 is 0 Å². The van der Waals surface area contributed by atoms with E-state index in [1.807, 2.05) is 4.90 Å². The van der Waals surface area contributed by atoms with Crippen molar-refractivity contribution in [3.05, 3.63) is 29.8 Å². The zero-order valence-electron chi connectivity index (χ0n) is 14.6. The fourth-order valence-corrected chi connectivity index (χ4v) is 3.62. The molecule has 0 bridgehead atoms. The number of carbonyl (C=O) groups excluding carboxylic acids is 2. The number of ether oxygens (including phenoxy) is 2. The Bertz CT molecular complexity index is 608. The molecule has 1 amide bonds. The van der Waals surface area contributed by atoms with Crippen LogP contribution in [0.4, 0.5) is 0 Å².